The molecule has 3 heterocycles. The molecule has 3 rings (SSSR count). The zero-order valence-electron chi connectivity index (χ0n) is 11.9. The standard InChI is InChI=1S/C14H24N4O/c1-11-8-17(6-7-19-2)14(16-11)18-9-12-4-3-5-15-13(12)10-18/h8,12-13,15H,3-7,9-10H2,1-2H3/t12-,13+/m0/s1. The molecule has 0 spiro atoms. The van der Waals surface area contributed by atoms with Crippen LogP contribution in [0.15, 0.2) is 6.20 Å². The van der Waals surface area contributed by atoms with Crippen molar-refractivity contribution in [2.45, 2.75) is 32.4 Å². The van der Waals surface area contributed by atoms with Crippen molar-refractivity contribution < 1.29 is 4.74 Å². The highest BCUT2D eigenvalue weighted by Gasteiger charge is 2.35. The van der Waals surface area contributed by atoms with E-state index in [4.69, 9.17) is 9.72 Å². The lowest BCUT2D eigenvalue weighted by molar-refractivity contribution is 0.187. The van der Waals surface area contributed by atoms with E-state index >= 15 is 0 Å². The van der Waals surface area contributed by atoms with E-state index in [2.05, 4.69) is 27.9 Å². The van der Waals surface area contributed by atoms with E-state index in [1.165, 1.54) is 19.4 Å². The molecule has 2 aliphatic heterocycles. The fraction of sp³-hybridized carbons (Fsp3) is 0.786. The number of methoxy groups -OCH3 is 1. The number of imidazole rings is 1. The zero-order valence-corrected chi connectivity index (χ0v) is 11.9. The van der Waals surface area contributed by atoms with Gasteiger partial charge in [-0.25, -0.2) is 4.98 Å². The number of ether oxygens (including phenoxy) is 1. The smallest absolute Gasteiger partial charge is 0.205 e. The Balaban J connectivity index is 1.74. The van der Waals surface area contributed by atoms with Crippen LogP contribution in [0.3, 0.4) is 0 Å². The third-order valence-electron chi connectivity index (χ3n) is 4.29. The first-order chi connectivity index (χ1) is 9.28. The topological polar surface area (TPSA) is 42.3 Å². The predicted octanol–water partition coefficient (Wildman–Crippen LogP) is 1.03. The molecule has 1 aromatic rings. The van der Waals surface area contributed by atoms with Gasteiger partial charge in [0, 0.05) is 39.0 Å². The number of rotatable bonds is 4. The summed E-state index contributed by atoms with van der Waals surface area (Å²) in [6, 6.07) is 0.654. The minimum absolute atomic E-state index is 0.654. The van der Waals surface area contributed by atoms with Crippen molar-refractivity contribution in [1.82, 2.24) is 14.9 Å². The Morgan fingerprint density at radius 1 is 1.47 bits per heavy atom. The normalized spacial score (nSPS) is 26.7. The molecular formula is C14H24N4O. The number of aromatic nitrogens is 2. The largest absolute Gasteiger partial charge is 0.383 e. The van der Waals surface area contributed by atoms with Crippen LogP contribution in [0, 0.1) is 12.8 Å². The SMILES string of the molecule is COCCn1cc(C)nc1N1C[C@@H]2CCCN[C@@H]2C1. The summed E-state index contributed by atoms with van der Waals surface area (Å²) in [6.07, 6.45) is 4.79. The van der Waals surface area contributed by atoms with E-state index in [-0.39, 0.29) is 0 Å². The van der Waals surface area contributed by atoms with Gasteiger partial charge >= 0.3 is 0 Å². The van der Waals surface area contributed by atoms with Crippen molar-refractivity contribution in [2.75, 3.05) is 38.3 Å². The Labute approximate surface area is 114 Å². The second kappa shape index (κ2) is 5.51. The number of nitrogens with one attached hydrogen (secondary N) is 1. The zero-order chi connectivity index (χ0) is 13.2. The van der Waals surface area contributed by atoms with Crippen molar-refractivity contribution >= 4 is 5.95 Å². The predicted molar refractivity (Wildman–Crippen MR) is 75.6 cm³/mol. The first-order valence-electron chi connectivity index (χ1n) is 7.29. The fourth-order valence-corrected chi connectivity index (χ4v) is 3.35. The van der Waals surface area contributed by atoms with Crippen LogP contribution in [0.2, 0.25) is 0 Å². The molecule has 0 aliphatic carbocycles. The van der Waals surface area contributed by atoms with Crippen molar-refractivity contribution in [3.05, 3.63) is 11.9 Å². The molecule has 1 aromatic heterocycles. The van der Waals surface area contributed by atoms with E-state index in [1.807, 2.05) is 0 Å². The highest BCUT2D eigenvalue weighted by Crippen LogP contribution is 2.28. The lowest BCUT2D eigenvalue weighted by atomic mass is 9.94. The van der Waals surface area contributed by atoms with Gasteiger partial charge in [0.25, 0.3) is 0 Å². The molecule has 5 nitrogen and oxygen atoms in total. The quantitative estimate of drug-likeness (QED) is 0.882. The van der Waals surface area contributed by atoms with Crippen LogP contribution in [-0.2, 0) is 11.3 Å². The van der Waals surface area contributed by atoms with Crippen LogP contribution in [0.4, 0.5) is 5.95 Å². The van der Waals surface area contributed by atoms with Gasteiger partial charge in [0.15, 0.2) is 0 Å². The Morgan fingerprint density at radius 2 is 2.37 bits per heavy atom. The van der Waals surface area contributed by atoms with Crippen molar-refractivity contribution in [3.8, 4) is 0 Å². The van der Waals surface area contributed by atoms with Gasteiger partial charge < -0.3 is 19.5 Å². The summed E-state index contributed by atoms with van der Waals surface area (Å²) in [4.78, 5) is 7.15. The molecular weight excluding hydrogens is 240 g/mol. The average molecular weight is 264 g/mol. The Kier molecular flexibility index (Phi) is 3.75. The molecule has 0 bridgehead atoms. The van der Waals surface area contributed by atoms with Crippen molar-refractivity contribution in [1.29, 1.82) is 0 Å². The molecule has 106 valence electrons. The minimum atomic E-state index is 0.654. The number of hydrogen-bond acceptors (Lipinski definition) is 4. The summed E-state index contributed by atoms with van der Waals surface area (Å²) >= 11 is 0. The highest BCUT2D eigenvalue weighted by atomic mass is 16.5. The first-order valence-corrected chi connectivity index (χ1v) is 7.29. The summed E-state index contributed by atoms with van der Waals surface area (Å²) in [7, 11) is 1.75. The van der Waals surface area contributed by atoms with E-state index in [9.17, 15) is 0 Å². The summed E-state index contributed by atoms with van der Waals surface area (Å²) in [5.74, 6) is 1.91. The fourth-order valence-electron chi connectivity index (χ4n) is 3.35. The van der Waals surface area contributed by atoms with Gasteiger partial charge in [-0.1, -0.05) is 0 Å². The second-order valence-electron chi connectivity index (χ2n) is 5.74. The van der Waals surface area contributed by atoms with Crippen LogP contribution in [0.25, 0.3) is 0 Å². The van der Waals surface area contributed by atoms with Crippen LogP contribution >= 0.6 is 0 Å². The van der Waals surface area contributed by atoms with Crippen molar-refractivity contribution in [3.63, 3.8) is 0 Å². The van der Waals surface area contributed by atoms with Crippen LogP contribution in [-0.4, -0.2) is 48.9 Å². The van der Waals surface area contributed by atoms with E-state index in [0.717, 1.165) is 43.8 Å². The third kappa shape index (κ3) is 2.62. The third-order valence-corrected chi connectivity index (χ3v) is 4.29. The molecule has 0 radical (unpaired) electrons. The molecule has 0 saturated carbocycles. The summed E-state index contributed by atoms with van der Waals surface area (Å²) < 4.78 is 7.42. The summed E-state index contributed by atoms with van der Waals surface area (Å²) in [5, 5.41) is 3.65. The van der Waals surface area contributed by atoms with Gasteiger partial charge in [0.05, 0.1) is 12.3 Å². The molecule has 2 aliphatic rings. The highest BCUT2D eigenvalue weighted by molar-refractivity contribution is 5.36. The lowest BCUT2D eigenvalue weighted by Gasteiger charge is -2.24. The molecule has 2 atom stereocenters. The van der Waals surface area contributed by atoms with Crippen LogP contribution in [0.5, 0.6) is 0 Å². The Bertz CT molecular complexity index is 417. The van der Waals surface area contributed by atoms with Gasteiger partial charge in [-0.3, -0.25) is 0 Å². The second-order valence-corrected chi connectivity index (χ2v) is 5.74. The number of hydrogen-bond donors (Lipinski definition) is 1. The van der Waals surface area contributed by atoms with Gasteiger partial charge in [0.1, 0.15) is 0 Å². The van der Waals surface area contributed by atoms with Crippen molar-refractivity contribution in [2.24, 2.45) is 5.92 Å². The Hall–Kier alpha value is -1.07. The Morgan fingerprint density at radius 3 is 3.16 bits per heavy atom. The molecule has 19 heavy (non-hydrogen) atoms. The number of fused-ring (bicyclic) bond motifs is 1. The summed E-state index contributed by atoms with van der Waals surface area (Å²) in [5.41, 5.74) is 1.09. The molecule has 0 unspecified atom stereocenters. The molecule has 2 saturated heterocycles. The molecule has 0 amide bonds. The van der Waals surface area contributed by atoms with E-state index < -0.39 is 0 Å². The number of piperidine rings is 1. The molecule has 0 aromatic carbocycles. The average Bonchev–Trinajstić information content (AvgIpc) is 2.99. The number of aryl methyl sites for hydroxylation is 1. The number of anilines is 1. The first kappa shape index (κ1) is 12.9. The molecule has 1 N–H and O–H groups in total. The molecule has 5 heteroatoms. The van der Waals surface area contributed by atoms with E-state index in [1.54, 1.807) is 7.11 Å². The van der Waals surface area contributed by atoms with Gasteiger partial charge in [-0.05, 0) is 32.2 Å². The van der Waals surface area contributed by atoms with Crippen LogP contribution in [0.1, 0.15) is 18.5 Å². The maximum absolute atomic E-state index is 5.19. The van der Waals surface area contributed by atoms with Crippen LogP contribution < -0.4 is 10.2 Å². The number of nitrogens with zero attached hydrogens (tertiary/aromatic N) is 3. The molecule has 2 fully saturated rings. The maximum atomic E-state index is 5.19. The summed E-state index contributed by atoms with van der Waals surface area (Å²) in [6.45, 7) is 7.09. The van der Waals surface area contributed by atoms with E-state index in [0.29, 0.717) is 6.04 Å². The van der Waals surface area contributed by atoms with Gasteiger partial charge in [-0.2, -0.15) is 0 Å². The monoisotopic (exact) mass is 264 g/mol. The minimum Gasteiger partial charge on any atom is -0.383 e. The lowest BCUT2D eigenvalue weighted by Crippen LogP contribution is -2.40. The maximum Gasteiger partial charge on any atom is 0.205 e. The van der Waals surface area contributed by atoms with Gasteiger partial charge in [0.2, 0.25) is 5.95 Å². The van der Waals surface area contributed by atoms with Gasteiger partial charge in [-0.15, -0.1) is 0 Å².